The third-order valence-corrected chi connectivity index (χ3v) is 6.26. The Labute approximate surface area is 191 Å². The molecule has 1 saturated heterocycles. The normalized spacial score (nSPS) is 17.6. The van der Waals surface area contributed by atoms with Crippen LogP contribution in [0, 0.1) is 0 Å². The van der Waals surface area contributed by atoms with E-state index in [0.29, 0.717) is 19.1 Å². The summed E-state index contributed by atoms with van der Waals surface area (Å²) in [6, 6.07) is 18.2. The van der Waals surface area contributed by atoms with E-state index < -0.39 is 0 Å². The average Bonchev–Trinajstić information content (AvgIpc) is 2.84. The predicted octanol–water partition coefficient (Wildman–Crippen LogP) is 4.66. The van der Waals surface area contributed by atoms with E-state index >= 15 is 0 Å². The molecule has 0 radical (unpaired) electrons. The molecule has 1 N–H and O–H groups in total. The third kappa shape index (κ3) is 6.97. The number of hydrogen-bond donors (Lipinski definition) is 1. The van der Waals surface area contributed by atoms with Crippen LogP contribution in [-0.2, 0) is 11.3 Å². The van der Waals surface area contributed by atoms with Gasteiger partial charge in [-0.2, -0.15) is 0 Å². The number of para-hydroxylation sites is 1. The molecule has 0 atom stereocenters. The topological polar surface area (TPSA) is 54.0 Å². The molecule has 1 aliphatic carbocycles. The quantitative estimate of drug-likeness (QED) is 0.653. The van der Waals surface area contributed by atoms with Crippen molar-refractivity contribution in [1.82, 2.24) is 15.1 Å². The lowest BCUT2D eigenvalue weighted by atomic mass is 9.96. The molecule has 6 heteroatoms. The number of nitrogens with zero attached hydrogens (tertiary/aromatic N) is 2. The van der Waals surface area contributed by atoms with Crippen LogP contribution in [0.3, 0.4) is 0 Å². The van der Waals surface area contributed by atoms with Crippen LogP contribution in [-0.4, -0.2) is 61.3 Å². The summed E-state index contributed by atoms with van der Waals surface area (Å²) in [5.41, 5.74) is 1.07. The molecule has 32 heavy (non-hydrogen) atoms. The summed E-state index contributed by atoms with van der Waals surface area (Å²) in [5, 5.41) is 3.29. The highest BCUT2D eigenvalue weighted by atomic mass is 16.5. The first-order valence-corrected chi connectivity index (χ1v) is 11.9. The number of hydrogen-bond acceptors (Lipinski definition) is 4. The Morgan fingerprint density at radius 1 is 1.00 bits per heavy atom. The van der Waals surface area contributed by atoms with Crippen LogP contribution >= 0.6 is 0 Å². The second-order valence-corrected chi connectivity index (χ2v) is 8.72. The maximum atomic E-state index is 13.2. The van der Waals surface area contributed by atoms with Gasteiger partial charge in [0, 0.05) is 38.8 Å². The molecule has 2 aromatic rings. The first-order chi connectivity index (χ1) is 15.8. The Kier molecular flexibility index (Phi) is 8.40. The van der Waals surface area contributed by atoms with Crippen molar-refractivity contribution in [1.29, 1.82) is 0 Å². The molecule has 2 amide bonds. The van der Waals surface area contributed by atoms with Gasteiger partial charge in [-0.3, -0.25) is 4.90 Å². The zero-order valence-electron chi connectivity index (χ0n) is 18.9. The molecule has 2 fully saturated rings. The standard InChI is InChI=1S/C26H35N3O3/c30-26(27-23-9-3-1-4-10-23)29(15-14-28-16-18-31-19-17-28)21-22-8-7-13-25(20-22)32-24-11-5-2-6-12-24/h2,5-8,11-13,20,23H,1,3-4,9-10,14-19,21H2,(H,27,30). The first-order valence-electron chi connectivity index (χ1n) is 11.9. The summed E-state index contributed by atoms with van der Waals surface area (Å²) in [6.45, 7) is 5.52. The summed E-state index contributed by atoms with van der Waals surface area (Å²) in [6.07, 6.45) is 5.86. The molecule has 0 unspecified atom stereocenters. The number of nitrogens with one attached hydrogen (secondary N) is 1. The molecule has 4 rings (SSSR count). The third-order valence-electron chi connectivity index (χ3n) is 6.26. The zero-order valence-corrected chi connectivity index (χ0v) is 18.9. The summed E-state index contributed by atoms with van der Waals surface area (Å²) >= 11 is 0. The number of rotatable bonds is 8. The highest BCUT2D eigenvalue weighted by molar-refractivity contribution is 5.74. The fraction of sp³-hybridized carbons (Fsp3) is 0.500. The molecule has 0 aromatic heterocycles. The van der Waals surface area contributed by atoms with Gasteiger partial charge in [0.2, 0.25) is 0 Å². The second kappa shape index (κ2) is 11.9. The van der Waals surface area contributed by atoms with Crippen molar-refractivity contribution < 1.29 is 14.3 Å². The number of benzene rings is 2. The average molecular weight is 438 g/mol. The van der Waals surface area contributed by atoms with Crippen LogP contribution in [0.2, 0.25) is 0 Å². The van der Waals surface area contributed by atoms with E-state index in [0.717, 1.165) is 62.8 Å². The van der Waals surface area contributed by atoms with Crippen molar-refractivity contribution in [3.05, 3.63) is 60.2 Å². The van der Waals surface area contributed by atoms with Gasteiger partial charge in [-0.25, -0.2) is 4.79 Å². The van der Waals surface area contributed by atoms with Gasteiger partial charge in [-0.15, -0.1) is 0 Å². The van der Waals surface area contributed by atoms with Gasteiger partial charge in [0.15, 0.2) is 0 Å². The molecular formula is C26H35N3O3. The van der Waals surface area contributed by atoms with Crippen LogP contribution in [0.15, 0.2) is 54.6 Å². The minimum atomic E-state index is 0.0412. The molecule has 2 aromatic carbocycles. The number of morpholine rings is 1. The van der Waals surface area contributed by atoms with Crippen molar-refractivity contribution in [2.24, 2.45) is 0 Å². The Morgan fingerprint density at radius 2 is 1.75 bits per heavy atom. The van der Waals surface area contributed by atoms with Crippen molar-refractivity contribution in [2.45, 2.75) is 44.7 Å². The molecule has 1 saturated carbocycles. The first kappa shape index (κ1) is 22.6. The van der Waals surface area contributed by atoms with E-state index in [2.05, 4.69) is 16.3 Å². The molecule has 0 bridgehead atoms. The molecule has 1 heterocycles. The van der Waals surface area contributed by atoms with Crippen molar-refractivity contribution in [3.8, 4) is 11.5 Å². The minimum absolute atomic E-state index is 0.0412. The molecule has 6 nitrogen and oxygen atoms in total. The van der Waals surface area contributed by atoms with E-state index in [1.54, 1.807) is 0 Å². The lowest BCUT2D eigenvalue weighted by Crippen LogP contribution is -2.48. The summed E-state index contributed by atoms with van der Waals surface area (Å²) < 4.78 is 11.5. The second-order valence-electron chi connectivity index (χ2n) is 8.72. The smallest absolute Gasteiger partial charge is 0.317 e. The predicted molar refractivity (Wildman–Crippen MR) is 126 cm³/mol. The zero-order chi connectivity index (χ0) is 22.0. The number of urea groups is 1. The SMILES string of the molecule is O=C(NC1CCCCC1)N(CCN1CCOCC1)Cc1cccc(Oc2ccccc2)c1. The van der Waals surface area contributed by atoms with Gasteiger partial charge < -0.3 is 19.7 Å². The van der Waals surface area contributed by atoms with Crippen molar-refractivity contribution in [3.63, 3.8) is 0 Å². The number of amides is 2. The van der Waals surface area contributed by atoms with Gasteiger partial charge in [0.05, 0.1) is 13.2 Å². The van der Waals surface area contributed by atoms with Crippen LogP contribution in [0.1, 0.15) is 37.7 Å². The molecule has 172 valence electrons. The van der Waals surface area contributed by atoms with Gasteiger partial charge in [0.1, 0.15) is 11.5 Å². The highest BCUT2D eigenvalue weighted by Gasteiger charge is 2.21. The van der Waals surface area contributed by atoms with Gasteiger partial charge >= 0.3 is 6.03 Å². The lowest BCUT2D eigenvalue weighted by molar-refractivity contribution is 0.0345. The van der Waals surface area contributed by atoms with E-state index in [1.807, 2.05) is 53.4 Å². The monoisotopic (exact) mass is 437 g/mol. The lowest BCUT2D eigenvalue weighted by Gasteiger charge is -2.32. The largest absolute Gasteiger partial charge is 0.457 e. The number of carbonyl (C=O) groups excluding carboxylic acids is 1. The fourth-order valence-corrected chi connectivity index (χ4v) is 4.40. The Hall–Kier alpha value is -2.57. The number of ether oxygens (including phenoxy) is 2. The molecule has 2 aliphatic rings. The Bertz CT molecular complexity index is 833. The van der Waals surface area contributed by atoms with Crippen LogP contribution in [0.4, 0.5) is 4.79 Å². The van der Waals surface area contributed by atoms with Gasteiger partial charge in [-0.1, -0.05) is 49.6 Å². The summed E-state index contributed by atoms with van der Waals surface area (Å²) in [4.78, 5) is 17.5. The molecule has 0 spiro atoms. The Morgan fingerprint density at radius 3 is 2.53 bits per heavy atom. The van der Waals surface area contributed by atoms with E-state index in [-0.39, 0.29) is 6.03 Å². The fourth-order valence-electron chi connectivity index (χ4n) is 4.40. The van der Waals surface area contributed by atoms with Crippen molar-refractivity contribution >= 4 is 6.03 Å². The van der Waals surface area contributed by atoms with Crippen LogP contribution in [0.5, 0.6) is 11.5 Å². The summed E-state index contributed by atoms with van der Waals surface area (Å²) in [7, 11) is 0. The number of carbonyl (C=O) groups is 1. The molecular weight excluding hydrogens is 402 g/mol. The van der Waals surface area contributed by atoms with E-state index in [1.165, 1.54) is 19.3 Å². The minimum Gasteiger partial charge on any atom is -0.457 e. The van der Waals surface area contributed by atoms with Crippen LogP contribution < -0.4 is 10.1 Å². The maximum Gasteiger partial charge on any atom is 0.317 e. The van der Waals surface area contributed by atoms with Crippen molar-refractivity contribution in [2.75, 3.05) is 39.4 Å². The highest BCUT2D eigenvalue weighted by Crippen LogP contribution is 2.23. The van der Waals surface area contributed by atoms with Gasteiger partial charge in [-0.05, 0) is 42.7 Å². The maximum absolute atomic E-state index is 13.2. The van der Waals surface area contributed by atoms with Crippen LogP contribution in [0.25, 0.3) is 0 Å². The van der Waals surface area contributed by atoms with Gasteiger partial charge in [0.25, 0.3) is 0 Å². The van der Waals surface area contributed by atoms with E-state index in [4.69, 9.17) is 9.47 Å². The Balaban J connectivity index is 1.41. The summed E-state index contributed by atoms with van der Waals surface area (Å²) in [5.74, 6) is 1.60. The van der Waals surface area contributed by atoms with E-state index in [9.17, 15) is 4.79 Å². The molecule has 1 aliphatic heterocycles.